The summed E-state index contributed by atoms with van der Waals surface area (Å²) >= 11 is 0. The van der Waals surface area contributed by atoms with Gasteiger partial charge >= 0.3 is 0 Å². The van der Waals surface area contributed by atoms with Crippen molar-refractivity contribution in [2.75, 3.05) is 0 Å². The Morgan fingerprint density at radius 1 is 1.54 bits per heavy atom. The van der Waals surface area contributed by atoms with E-state index >= 15 is 0 Å². The van der Waals surface area contributed by atoms with Gasteiger partial charge in [-0.05, 0) is 18.6 Å². The van der Waals surface area contributed by atoms with E-state index in [0.717, 1.165) is 5.56 Å². The van der Waals surface area contributed by atoms with Crippen molar-refractivity contribution >= 4 is 0 Å². The van der Waals surface area contributed by atoms with Crippen LogP contribution in [0.5, 0.6) is 5.75 Å². The van der Waals surface area contributed by atoms with Gasteiger partial charge in [0.15, 0.2) is 0 Å². The van der Waals surface area contributed by atoms with Gasteiger partial charge in [0.05, 0.1) is 18.6 Å². The quantitative estimate of drug-likeness (QED) is 0.721. The lowest BCUT2D eigenvalue weighted by Crippen LogP contribution is -1.96. The Labute approximate surface area is 76.9 Å². The van der Waals surface area contributed by atoms with Gasteiger partial charge < -0.3 is 10.2 Å². The van der Waals surface area contributed by atoms with Crippen molar-refractivity contribution in [1.29, 1.82) is 5.26 Å². The van der Waals surface area contributed by atoms with Crippen molar-refractivity contribution in [1.82, 2.24) is 0 Å². The number of hydrogen-bond donors (Lipinski definition) is 2. The van der Waals surface area contributed by atoms with E-state index in [1.807, 2.05) is 13.0 Å². The summed E-state index contributed by atoms with van der Waals surface area (Å²) in [5.41, 5.74) is 1.33. The van der Waals surface area contributed by atoms with Crippen LogP contribution in [0.25, 0.3) is 0 Å². The summed E-state index contributed by atoms with van der Waals surface area (Å²) < 4.78 is 0. The zero-order chi connectivity index (χ0) is 9.84. The monoisotopic (exact) mass is 177 g/mol. The Bertz CT molecular complexity index is 341. The second kappa shape index (κ2) is 3.92. The molecule has 0 bridgehead atoms. The fourth-order valence-electron chi connectivity index (χ4n) is 1.13. The van der Waals surface area contributed by atoms with Crippen molar-refractivity contribution in [2.45, 2.75) is 19.4 Å². The second-order valence-electron chi connectivity index (χ2n) is 2.94. The van der Waals surface area contributed by atoms with E-state index in [9.17, 15) is 10.2 Å². The number of hydrogen-bond acceptors (Lipinski definition) is 3. The molecule has 1 unspecified atom stereocenters. The Kier molecular flexibility index (Phi) is 2.88. The molecule has 3 heteroatoms. The van der Waals surface area contributed by atoms with E-state index in [4.69, 9.17) is 5.26 Å². The molecule has 68 valence electrons. The predicted octanol–water partition coefficient (Wildman–Crippen LogP) is 1.65. The topological polar surface area (TPSA) is 64.2 Å². The molecule has 0 saturated carbocycles. The van der Waals surface area contributed by atoms with Crippen LogP contribution in [0.3, 0.4) is 0 Å². The van der Waals surface area contributed by atoms with Crippen molar-refractivity contribution < 1.29 is 10.2 Å². The Morgan fingerprint density at radius 3 is 2.77 bits per heavy atom. The van der Waals surface area contributed by atoms with Gasteiger partial charge in [0.2, 0.25) is 0 Å². The second-order valence-corrected chi connectivity index (χ2v) is 2.94. The number of aliphatic hydroxyl groups excluding tert-OH is 1. The summed E-state index contributed by atoms with van der Waals surface area (Å²) in [6.45, 7) is 1.85. The van der Waals surface area contributed by atoms with Gasteiger partial charge in [-0.25, -0.2) is 0 Å². The van der Waals surface area contributed by atoms with Gasteiger partial charge in [0.1, 0.15) is 5.75 Å². The first-order valence-corrected chi connectivity index (χ1v) is 3.99. The van der Waals surface area contributed by atoms with E-state index in [0.29, 0.717) is 5.56 Å². The Morgan fingerprint density at radius 2 is 2.23 bits per heavy atom. The first-order chi connectivity index (χ1) is 6.15. The summed E-state index contributed by atoms with van der Waals surface area (Å²) in [4.78, 5) is 0. The molecule has 3 nitrogen and oxygen atoms in total. The molecule has 2 N–H and O–H groups in total. The predicted molar refractivity (Wildman–Crippen MR) is 48.0 cm³/mol. The van der Waals surface area contributed by atoms with Crippen LogP contribution in [-0.2, 0) is 0 Å². The highest BCUT2D eigenvalue weighted by molar-refractivity contribution is 5.37. The molecule has 0 radical (unpaired) electrons. The van der Waals surface area contributed by atoms with Crippen LogP contribution in [-0.4, -0.2) is 10.2 Å². The van der Waals surface area contributed by atoms with E-state index in [1.165, 1.54) is 0 Å². The normalized spacial score (nSPS) is 12.1. The largest absolute Gasteiger partial charge is 0.508 e. The molecule has 0 aromatic heterocycles. The summed E-state index contributed by atoms with van der Waals surface area (Å²) in [6, 6.07) is 6.83. The number of phenols is 1. The highest BCUT2D eigenvalue weighted by Crippen LogP contribution is 2.26. The molecule has 0 aliphatic carbocycles. The average molecular weight is 177 g/mol. The molecule has 0 aliphatic heterocycles. The lowest BCUT2D eigenvalue weighted by atomic mass is 10.0. The molecular weight excluding hydrogens is 166 g/mol. The van der Waals surface area contributed by atoms with E-state index in [1.54, 1.807) is 18.2 Å². The molecule has 0 saturated heterocycles. The summed E-state index contributed by atoms with van der Waals surface area (Å²) in [7, 11) is 0. The van der Waals surface area contributed by atoms with E-state index < -0.39 is 6.10 Å². The van der Waals surface area contributed by atoms with Gasteiger partial charge in [-0.2, -0.15) is 5.26 Å². The van der Waals surface area contributed by atoms with Crippen LogP contribution < -0.4 is 0 Å². The average Bonchev–Trinajstić information content (AvgIpc) is 2.04. The first-order valence-electron chi connectivity index (χ1n) is 3.99. The third kappa shape index (κ3) is 2.20. The summed E-state index contributed by atoms with van der Waals surface area (Å²) in [6.07, 6.45) is -0.901. The third-order valence-corrected chi connectivity index (χ3v) is 1.83. The van der Waals surface area contributed by atoms with Crippen LogP contribution in [0, 0.1) is 18.3 Å². The molecule has 1 atom stereocenters. The number of rotatable bonds is 2. The highest BCUT2D eigenvalue weighted by atomic mass is 16.3. The summed E-state index contributed by atoms with van der Waals surface area (Å²) in [5.74, 6) is 0.0442. The van der Waals surface area contributed by atoms with Crippen LogP contribution >= 0.6 is 0 Å². The molecule has 0 heterocycles. The molecule has 0 aliphatic rings. The minimum Gasteiger partial charge on any atom is -0.508 e. The lowest BCUT2D eigenvalue weighted by molar-refractivity contribution is 0.179. The van der Waals surface area contributed by atoms with E-state index in [-0.39, 0.29) is 12.2 Å². The maximum atomic E-state index is 9.42. The fraction of sp³-hybridized carbons (Fsp3) is 0.300. The SMILES string of the molecule is Cc1ccc(C(O)CC#N)c(O)c1. The molecule has 1 rings (SSSR count). The number of benzene rings is 1. The van der Waals surface area contributed by atoms with Gasteiger partial charge in [0.25, 0.3) is 0 Å². The smallest absolute Gasteiger partial charge is 0.121 e. The lowest BCUT2D eigenvalue weighted by Gasteiger charge is -2.09. The zero-order valence-electron chi connectivity index (χ0n) is 7.36. The minimum absolute atomic E-state index is 0.00335. The molecule has 1 aromatic rings. The van der Waals surface area contributed by atoms with Crippen LogP contribution in [0.1, 0.15) is 23.7 Å². The van der Waals surface area contributed by atoms with Crippen LogP contribution in [0.15, 0.2) is 18.2 Å². The third-order valence-electron chi connectivity index (χ3n) is 1.83. The summed E-state index contributed by atoms with van der Waals surface area (Å²) in [5, 5.41) is 27.2. The maximum absolute atomic E-state index is 9.42. The highest BCUT2D eigenvalue weighted by Gasteiger charge is 2.11. The van der Waals surface area contributed by atoms with Crippen LogP contribution in [0.2, 0.25) is 0 Å². The minimum atomic E-state index is -0.898. The van der Waals surface area contributed by atoms with E-state index in [2.05, 4.69) is 0 Å². The number of aliphatic hydroxyl groups is 1. The maximum Gasteiger partial charge on any atom is 0.121 e. The van der Waals surface area contributed by atoms with Gasteiger partial charge in [-0.1, -0.05) is 12.1 Å². The Hall–Kier alpha value is -1.53. The first kappa shape index (κ1) is 9.56. The molecular formula is C10H11NO2. The molecule has 0 fully saturated rings. The van der Waals surface area contributed by atoms with Crippen molar-refractivity contribution in [2.24, 2.45) is 0 Å². The molecule has 1 aromatic carbocycles. The standard InChI is InChI=1S/C10H11NO2/c1-7-2-3-8(10(13)6-7)9(12)4-5-11/h2-3,6,9,12-13H,4H2,1H3. The number of aryl methyl sites for hydroxylation is 1. The van der Waals surface area contributed by atoms with Gasteiger partial charge in [-0.15, -0.1) is 0 Å². The van der Waals surface area contributed by atoms with Gasteiger partial charge in [0, 0.05) is 5.56 Å². The molecule has 13 heavy (non-hydrogen) atoms. The fourth-order valence-corrected chi connectivity index (χ4v) is 1.13. The molecule has 0 spiro atoms. The Balaban J connectivity index is 2.96. The van der Waals surface area contributed by atoms with Crippen molar-refractivity contribution in [3.05, 3.63) is 29.3 Å². The number of nitrogens with zero attached hydrogens (tertiary/aromatic N) is 1. The number of aromatic hydroxyl groups is 1. The van der Waals surface area contributed by atoms with Crippen molar-refractivity contribution in [3.8, 4) is 11.8 Å². The zero-order valence-corrected chi connectivity index (χ0v) is 7.36. The van der Waals surface area contributed by atoms with Crippen molar-refractivity contribution in [3.63, 3.8) is 0 Å². The molecule has 0 amide bonds. The number of nitriles is 1. The van der Waals surface area contributed by atoms with Gasteiger partial charge in [-0.3, -0.25) is 0 Å². The van der Waals surface area contributed by atoms with Crippen LogP contribution in [0.4, 0.5) is 0 Å². The number of phenolic OH excluding ortho intramolecular Hbond substituents is 1.